The average molecular weight is 350 g/mol. The van der Waals surface area contributed by atoms with Crippen LogP contribution in [0.15, 0.2) is 36.4 Å². The molecule has 0 atom stereocenters. The average Bonchev–Trinajstić information content (AvgIpc) is 2.28. The van der Waals surface area contributed by atoms with E-state index in [4.69, 9.17) is 34.8 Å². The van der Waals surface area contributed by atoms with Crippen molar-refractivity contribution in [1.29, 1.82) is 0 Å². The summed E-state index contributed by atoms with van der Waals surface area (Å²) in [5, 5.41) is 2.72. The van der Waals surface area contributed by atoms with E-state index in [2.05, 4.69) is 15.9 Å². The molecule has 2 aromatic rings. The van der Waals surface area contributed by atoms with Crippen LogP contribution in [0.25, 0.3) is 11.1 Å². The standard InChI is InChI=1S/C13H8BrCl3/c14-7-10-3-8(1-2-13(10)17)9-4-11(15)6-12(16)5-9/h1-6H,7H2. The Morgan fingerprint density at radius 3 is 2.06 bits per heavy atom. The molecule has 0 N–H and O–H groups in total. The van der Waals surface area contributed by atoms with Crippen molar-refractivity contribution in [3.05, 3.63) is 57.0 Å². The summed E-state index contributed by atoms with van der Waals surface area (Å²) >= 11 is 21.4. The highest BCUT2D eigenvalue weighted by atomic mass is 79.9. The zero-order valence-corrected chi connectivity index (χ0v) is 12.5. The van der Waals surface area contributed by atoms with Crippen LogP contribution in [0.4, 0.5) is 0 Å². The van der Waals surface area contributed by atoms with Gasteiger partial charge in [-0.25, -0.2) is 0 Å². The summed E-state index contributed by atoms with van der Waals surface area (Å²) in [6.07, 6.45) is 0. The molecule has 0 aliphatic heterocycles. The molecule has 0 radical (unpaired) electrons. The van der Waals surface area contributed by atoms with E-state index in [1.807, 2.05) is 30.3 Å². The van der Waals surface area contributed by atoms with Crippen LogP contribution >= 0.6 is 50.7 Å². The molecule has 0 aliphatic rings. The monoisotopic (exact) mass is 348 g/mol. The second-order valence-electron chi connectivity index (χ2n) is 3.60. The van der Waals surface area contributed by atoms with Gasteiger partial charge in [0.1, 0.15) is 0 Å². The third-order valence-electron chi connectivity index (χ3n) is 2.39. The van der Waals surface area contributed by atoms with Gasteiger partial charge in [-0.2, -0.15) is 0 Å². The van der Waals surface area contributed by atoms with Crippen molar-refractivity contribution >= 4 is 50.7 Å². The van der Waals surface area contributed by atoms with Gasteiger partial charge < -0.3 is 0 Å². The Morgan fingerprint density at radius 1 is 0.824 bits per heavy atom. The first kappa shape index (κ1) is 13.2. The van der Waals surface area contributed by atoms with Crippen LogP contribution in [0, 0.1) is 0 Å². The van der Waals surface area contributed by atoms with Crippen molar-refractivity contribution in [2.45, 2.75) is 5.33 Å². The van der Waals surface area contributed by atoms with E-state index in [9.17, 15) is 0 Å². The van der Waals surface area contributed by atoms with Gasteiger partial charge in [0, 0.05) is 20.4 Å². The third-order valence-corrected chi connectivity index (χ3v) is 3.79. The number of hydrogen-bond acceptors (Lipinski definition) is 0. The van der Waals surface area contributed by atoms with Gasteiger partial charge in [0.2, 0.25) is 0 Å². The molecule has 0 spiro atoms. The maximum Gasteiger partial charge on any atom is 0.0446 e. The quantitative estimate of drug-likeness (QED) is 0.565. The van der Waals surface area contributed by atoms with Gasteiger partial charge in [-0.3, -0.25) is 0 Å². The molecule has 0 nitrogen and oxygen atoms in total. The minimum atomic E-state index is 0.628. The fourth-order valence-corrected chi connectivity index (χ4v) is 2.91. The predicted octanol–water partition coefficient (Wildman–Crippen LogP) is 6.21. The zero-order chi connectivity index (χ0) is 12.4. The molecule has 0 amide bonds. The number of rotatable bonds is 2. The lowest BCUT2D eigenvalue weighted by molar-refractivity contribution is 1.43. The summed E-state index contributed by atoms with van der Waals surface area (Å²) in [7, 11) is 0. The van der Waals surface area contributed by atoms with Gasteiger partial charge in [0.15, 0.2) is 0 Å². The summed E-state index contributed by atoms with van der Waals surface area (Å²) < 4.78 is 0. The van der Waals surface area contributed by atoms with E-state index in [-0.39, 0.29) is 0 Å². The molecule has 4 heteroatoms. The first-order chi connectivity index (χ1) is 8.10. The Hall–Kier alpha value is -0.210. The van der Waals surface area contributed by atoms with Gasteiger partial charge in [0.25, 0.3) is 0 Å². The normalized spacial score (nSPS) is 10.6. The van der Waals surface area contributed by atoms with Gasteiger partial charge in [-0.15, -0.1) is 0 Å². The summed E-state index contributed by atoms with van der Waals surface area (Å²) in [6.45, 7) is 0. The van der Waals surface area contributed by atoms with Crippen molar-refractivity contribution in [1.82, 2.24) is 0 Å². The smallest absolute Gasteiger partial charge is 0.0446 e. The topological polar surface area (TPSA) is 0 Å². The maximum absolute atomic E-state index is 6.06. The minimum Gasteiger partial charge on any atom is -0.0876 e. The van der Waals surface area contributed by atoms with Crippen molar-refractivity contribution in [3.63, 3.8) is 0 Å². The second-order valence-corrected chi connectivity index (χ2v) is 5.44. The molecule has 0 saturated carbocycles. The Balaban J connectivity index is 2.52. The van der Waals surface area contributed by atoms with E-state index in [0.29, 0.717) is 15.4 Å². The summed E-state index contributed by atoms with van der Waals surface area (Å²) in [4.78, 5) is 0. The van der Waals surface area contributed by atoms with E-state index in [1.165, 1.54) is 0 Å². The van der Waals surface area contributed by atoms with Crippen LogP contribution in [0.2, 0.25) is 15.1 Å². The largest absolute Gasteiger partial charge is 0.0876 e. The van der Waals surface area contributed by atoms with E-state index in [0.717, 1.165) is 21.7 Å². The highest BCUT2D eigenvalue weighted by Crippen LogP contribution is 2.30. The van der Waals surface area contributed by atoms with Crippen molar-refractivity contribution in [2.75, 3.05) is 0 Å². The Bertz CT molecular complexity index is 532. The zero-order valence-electron chi connectivity index (χ0n) is 8.68. The molecule has 2 aromatic carbocycles. The molecule has 0 aromatic heterocycles. The molecule has 0 bridgehead atoms. The van der Waals surface area contributed by atoms with Crippen molar-refractivity contribution in [3.8, 4) is 11.1 Å². The van der Waals surface area contributed by atoms with Gasteiger partial charge in [0.05, 0.1) is 0 Å². The maximum atomic E-state index is 6.06. The number of hydrogen-bond donors (Lipinski definition) is 0. The number of halogens is 4. The molecule has 88 valence electrons. The molecule has 0 fully saturated rings. The number of benzene rings is 2. The SMILES string of the molecule is Clc1cc(Cl)cc(-c2ccc(Cl)c(CBr)c2)c1. The molecule has 0 heterocycles. The van der Waals surface area contributed by atoms with Crippen molar-refractivity contribution in [2.24, 2.45) is 0 Å². The molecule has 0 saturated heterocycles. The third kappa shape index (κ3) is 3.17. The molecular formula is C13H8BrCl3. The van der Waals surface area contributed by atoms with E-state index in [1.54, 1.807) is 6.07 Å². The summed E-state index contributed by atoms with van der Waals surface area (Å²) in [5.41, 5.74) is 3.08. The molecule has 0 aliphatic carbocycles. The van der Waals surface area contributed by atoms with E-state index < -0.39 is 0 Å². The molecular weight excluding hydrogens is 342 g/mol. The van der Waals surface area contributed by atoms with Crippen LogP contribution in [0.3, 0.4) is 0 Å². The highest BCUT2D eigenvalue weighted by molar-refractivity contribution is 9.08. The predicted molar refractivity (Wildman–Crippen MR) is 79.5 cm³/mol. The lowest BCUT2D eigenvalue weighted by atomic mass is 10.0. The Morgan fingerprint density at radius 2 is 1.47 bits per heavy atom. The first-order valence-corrected chi connectivity index (χ1v) is 7.16. The lowest BCUT2D eigenvalue weighted by Crippen LogP contribution is -1.84. The van der Waals surface area contributed by atoms with Crippen LogP contribution in [0.5, 0.6) is 0 Å². The fraction of sp³-hybridized carbons (Fsp3) is 0.0769. The minimum absolute atomic E-state index is 0.628. The fourth-order valence-electron chi connectivity index (χ4n) is 1.58. The van der Waals surface area contributed by atoms with Gasteiger partial charge in [-0.1, -0.05) is 56.8 Å². The summed E-state index contributed by atoms with van der Waals surface area (Å²) in [6, 6.07) is 11.3. The van der Waals surface area contributed by atoms with Crippen LogP contribution < -0.4 is 0 Å². The second kappa shape index (κ2) is 5.62. The van der Waals surface area contributed by atoms with Crippen LogP contribution in [-0.2, 0) is 5.33 Å². The number of alkyl halides is 1. The van der Waals surface area contributed by atoms with Crippen molar-refractivity contribution < 1.29 is 0 Å². The van der Waals surface area contributed by atoms with Gasteiger partial charge in [-0.05, 0) is 47.0 Å². The highest BCUT2D eigenvalue weighted by Gasteiger charge is 2.05. The van der Waals surface area contributed by atoms with E-state index >= 15 is 0 Å². The first-order valence-electron chi connectivity index (χ1n) is 4.91. The van der Waals surface area contributed by atoms with Gasteiger partial charge >= 0.3 is 0 Å². The Kier molecular flexibility index (Phi) is 4.37. The summed E-state index contributed by atoms with van der Waals surface area (Å²) in [5.74, 6) is 0. The molecule has 2 rings (SSSR count). The van der Waals surface area contributed by atoms with Crippen LogP contribution in [0.1, 0.15) is 5.56 Å². The van der Waals surface area contributed by atoms with Crippen LogP contribution in [-0.4, -0.2) is 0 Å². The molecule has 17 heavy (non-hydrogen) atoms. The molecule has 0 unspecified atom stereocenters. The lowest BCUT2D eigenvalue weighted by Gasteiger charge is -2.07. The Labute approximate surface area is 124 Å².